The number of benzene rings is 3. The fraction of sp³-hybridized carbons (Fsp3) is 0.214. The summed E-state index contributed by atoms with van der Waals surface area (Å²) in [7, 11) is 0. The Morgan fingerprint density at radius 3 is 1.59 bits per heavy atom. The predicted octanol–water partition coefficient (Wildman–Crippen LogP) is 7.15. The summed E-state index contributed by atoms with van der Waals surface area (Å²) in [5, 5.41) is 0. The van der Waals surface area contributed by atoms with Crippen molar-refractivity contribution < 1.29 is 4.74 Å². The normalized spacial score (nSPS) is 13.1. The summed E-state index contributed by atoms with van der Waals surface area (Å²) in [6.45, 7) is 8.83. The van der Waals surface area contributed by atoms with Gasteiger partial charge in [-0.15, -0.1) is 6.58 Å². The van der Waals surface area contributed by atoms with E-state index in [2.05, 4.69) is 117 Å². The third kappa shape index (κ3) is 4.58. The van der Waals surface area contributed by atoms with E-state index in [-0.39, 0.29) is 0 Å². The summed E-state index contributed by atoms with van der Waals surface area (Å²) < 4.78 is 6.94. The summed E-state index contributed by atoms with van der Waals surface area (Å²) in [5.74, 6) is 0.299. The van der Waals surface area contributed by atoms with Crippen LogP contribution in [-0.2, 0) is 10.3 Å². The van der Waals surface area contributed by atoms with Crippen LogP contribution >= 0.6 is 0 Å². The fourth-order valence-electron chi connectivity index (χ4n) is 3.82. The summed E-state index contributed by atoms with van der Waals surface area (Å²) in [5.41, 5.74) is 4.05. The summed E-state index contributed by atoms with van der Waals surface area (Å²) in [4.78, 5) is 0. The Morgan fingerprint density at radius 2 is 1.24 bits per heavy atom. The molecule has 0 aromatic heterocycles. The molecule has 0 saturated heterocycles. The number of allylic oxidation sites excluding steroid dienone is 2. The molecule has 1 heteroatoms. The Hall–Kier alpha value is -2.90. The van der Waals surface area contributed by atoms with Gasteiger partial charge in [-0.25, -0.2) is 0 Å². The maximum Gasteiger partial charge on any atom is 0.143 e. The first-order valence-corrected chi connectivity index (χ1v) is 10.3. The third-order valence-corrected chi connectivity index (χ3v) is 5.59. The lowest BCUT2D eigenvalue weighted by molar-refractivity contribution is -0.00197. The molecule has 0 aliphatic rings. The molecule has 0 amide bonds. The lowest BCUT2D eigenvalue weighted by atomic mass is 9.80. The quantitative estimate of drug-likeness (QED) is 0.282. The van der Waals surface area contributed by atoms with Crippen LogP contribution in [0.4, 0.5) is 0 Å². The van der Waals surface area contributed by atoms with Crippen LogP contribution < -0.4 is 0 Å². The molecule has 148 valence electrons. The summed E-state index contributed by atoms with van der Waals surface area (Å²) >= 11 is 0. The Morgan fingerprint density at radius 1 is 0.828 bits per heavy atom. The van der Waals surface area contributed by atoms with E-state index < -0.39 is 5.60 Å². The minimum Gasteiger partial charge on any atom is -0.360 e. The highest BCUT2D eigenvalue weighted by Gasteiger charge is 2.38. The molecule has 3 aromatic rings. The molecule has 1 nitrogen and oxygen atoms in total. The van der Waals surface area contributed by atoms with Crippen molar-refractivity contribution in [3.05, 3.63) is 132 Å². The van der Waals surface area contributed by atoms with Gasteiger partial charge < -0.3 is 4.74 Å². The largest absolute Gasteiger partial charge is 0.360 e. The van der Waals surface area contributed by atoms with Crippen LogP contribution in [0.5, 0.6) is 0 Å². The average molecular weight is 383 g/mol. The molecule has 0 aliphatic carbocycles. The van der Waals surface area contributed by atoms with Crippen LogP contribution in [0.2, 0.25) is 0 Å². The Labute approximate surface area is 175 Å². The molecule has 0 fully saturated rings. The van der Waals surface area contributed by atoms with Gasteiger partial charge in [0.25, 0.3) is 0 Å². The molecule has 0 aliphatic heterocycles. The summed E-state index contributed by atoms with van der Waals surface area (Å²) in [6, 6.07) is 31.6. The monoisotopic (exact) mass is 382 g/mol. The zero-order valence-corrected chi connectivity index (χ0v) is 17.4. The van der Waals surface area contributed by atoms with Crippen LogP contribution in [0, 0.1) is 5.92 Å². The SMILES string of the molecule is C=CC[C@@H](COC(c1ccccc1)(c1ccccc1)c1ccccc1)/C(C)=C/C. The number of hydrogen-bond acceptors (Lipinski definition) is 1. The van der Waals surface area contributed by atoms with E-state index >= 15 is 0 Å². The van der Waals surface area contributed by atoms with Crippen molar-refractivity contribution in [1.29, 1.82) is 0 Å². The number of rotatable bonds is 9. The van der Waals surface area contributed by atoms with Gasteiger partial charge in [0.05, 0.1) is 6.61 Å². The second-order valence-electron chi connectivity index (χ2n) is 7.34. The zero-order chi connectivity index (χ0) is 20.5. The van der Waals surface area contributed by atoms with Gasteiger partial charge in [0.15, 0.2) is 0 Å². The number of hydrogen-bond donors (Lipinski definition) is 0. The molecule has 3 aromatic carbocycles. The fourth-order valence-corrected chi connectivity index (χ4v) is 3.82. The molecule has 0 radical (unpaired) electrons. The summed E-state index contributed by atoms with van der Waals surface area (Å²) in [6.07, 6.45) is 5.05. The van der Waals surface area contributed by atoms with E-state index in [9.17, 15) is 0 Å². The van der Waals surface area contributed by atoms with Crippen LogP contribution in [-0.4, -0.2) is 6.61 Å². The topological polar surface area (TPSA) is 9.23 Å². The molecule has 0 bridgehead atoms. The molecular weight excluding hydrogens is 352 g/mol. The maximum absolute atomic E-state index is 6.94. The minimum atomic E-state index is -0.669. The maximum atomic E-state index is 6.94. The highest BCUT2D eigenvalue weighted by molar-refractivity contribution is 5.47. The molecular formula is C28H30O. The second-order valence-corrected chi connectivity index (χ2v) is 7.34. The van der Waals surface area contributed by atoms with E-state index in [0.29, 0.717) is 12.5 Å². The van der Waals surface area contributed by atoms with E-state index in [1.165, 1.54) is 5.57 Å². The zero-order valence-electron chi connectivity index (χ0n) is 17.4. The van der Waals surface area contributed by atoms with Crippen molar-refractivity contribution in [2.24, 2.45) is 5.92 Å². The molecule has 1 atom stereocenters. The van der Waals surface area contributed by atoms with E-state index in [1.807, 2.05) is 6.08 Å². The van der Waals surface area contributed by atoms with Crippen molar-refractivity contribution in [2.75, 3.05) is 6.61 Å². The first-order chi connectivity index (χ1) is 14.2. The number of ether oxygens (including phenoxy) is 1. The third-order valence-electron chi connectivity index (χ3n) is 5.59. The molecule has 3 rings (SSSR count). The molecule has 0 spiro atoms. The van der Waals surface area contributed by atoms with Crippen molar-refractivity contribution in [3.63, 3.8) is 0 Å². The molecule has 0 heterocycles. The van der Waals surface area contributed by atoms with Crippen molar-refractivity contribution in [2.45, 2.75) is 25.9 Å². The Balaban J connectivity index is 2.16. The Bertz CT molecular complexity index is 814. The van der Waals surface area contributed by atoms with Gasteiger partial charge in [0, 0.05) is 5.92 Å². The first kappa shape index (κ1) is 20.8. The van der Waals surface area contributed by atoms with E-state index in [0.717, 1.165) is 23.1 Å². The van der Waals surface area contributed by atoms with Gasteiger partial charge in [-0.2, -0.15) is 0 Å². The van der Waals surface area contributed by atoms with Crippen molar-refractivity contribution in [1.82, 2.24) is 0 Å². The lowest BCUT2D eigenvalue weighted by Crippen LogP contribution is -2.34. The van der Waals surface area contributed by atoms with Crippen LogP contribution in [0.15, 0.2) is 115 Å². The van der Waals surface area contributed by atoms with Crippen molar-refractivity contribution >= 4 is 0 Å². The second kappa shape index (κ2) is 10.0. The highest BCUT2D eigenvalue weighted by atomic mass is 16.5. The van der Waals surface area contributed by atoms with Gasteiger partial charge in [0.1, 0.15) is 5.60 Å². The van der Waals surface area contributed by atoms with Crippen molar-refractivity contribution in [3.8, 4) is 0 Å². The van der Waals surface area contributed by atoms with E-state index in [4.69, 9.17) is 4.74 Å². The van der Waals surface area contributed by atoms with Gasteiger partial charge >= 0.3 is 0 Å². The van der Waals surface area contributed by atoms with E-state index in [1.54, 1.807) is 0 Å². The molecule has 0 unspecified atom stereocenters. The van der Waals surface area contributed by atoms with Gasteiger partial charge in [-0.1, -0.05) is 109 Å². The predicted molar refractivity (Wildman–Crippen MR) is 123 cm³/mol. The first-order valence-electron chi connectivity index (χ1n) is 10.3. The van der Waals surface area contributed by atoms with Gasteiger partial charge in [-0.3, -0.25) is 0 Å². The van der Waals surface area contributed by atoms with Crippen LogP contribution in [0.3, 0.4) is 0 Å². The molecule has 29 heavy (non-hydrogen) atoms. The molecule has 0 saturated carbocycles. The van der Waals surface area contributed by atoms with Gasteiger partial charge in [0.2, 0.25) is 0 Å². The average Bonchev–Trinajstić information content (AvgIpc) is 2.80. The highest BCUT2D eigenvalue weighted by Crippen LogP contribution is 2.41. The van der Waals surface area contributed by atoms with Crippen LogP contribution in [0.1, 0.15) is 37.0 Å². The standard InChI is InChI=1S/C28H30O/c1-4-15-24(23(3)5-2)22-29-28(25-16-9-6-10-17-25,26-18-11-7-12-19-26)27-20-13-8-14-21-27/h4-14,16-21,24H,1,15,22H2,2-3H3/b23-5+/t24-/m0/s1. The van der Waals surface area contributed by atoms with Crippen LogP contribution in [0.25, 0.3) is 0 Å². The smallest absolute Gasteiger partial charge is 0.143 e. The molecule has 0 N–H and O–H groups in total. The minimum absolute atomic E-state index is 0.299. The lowest BCUT2D eigenvalue weighted by Gasteiger charge is -2.37. The van der Waals surface area contributed by atoms with Gasteiger partial charge in [-0.05, 0) is 37.0 Å². The Kier molecular flexibility index (Phi) is 7.21.